The van der Waals surface area contributed by atoms with Gasteiger partial charge in [-0.05, 0) is 46.5 Å². The number of unbranched alkanes of at least 4 members (excludes halogenated alkanes) is 1. The molecule has 5 atom stereocenters. The molecule has 3 aliphatic rings. The number of carboxylic acid groups (broad SMARTS) is 1. The molecule has 2 amide bonds. The van der Waals surface area contributed by atoms with Crippen molar-refractivity contribution in [2.45, 2.75) is 69.7 Å². The zero-order valence-corrected chi connectivity index (χ0v) is 17.5. The van der Waals surface area contributed by atoms with Crippen LogP contribution in [0.3, 0.4) is 0 Å². The van der Waals surface area contributed by atoms with E-state index in [1.54, 1.807) is 17.9 Å². The number of carboxylic acids is 1. The van der Waals surface area contributed by atoms with Gasteiger partial charge in [0, 0.05) is 25.7 Å². The molecule has 2 unspecified atom stereocenters. The van der Waals surface area contributed by atoms with E-state index in [1.807, 2.05) is 13.8 Å². The average molecular weight is 408 g/mol. The normalized spacial score (nSPS) is 35.3. The van der Waals surface area contributed by atoms with Crippen LogP contribution in [0.4, 0.5) is 0 Å². The summed E-state index contributed by atoms with van der Waals surface area (Å²) in [6.07, 6.45) is 3.67. The van der Waals surface area contributed by atoms with E-state index >= 15 is 0 Å². The van der Waals surface area contributed by atoms with Crippen LogP contribution in [0, 0.1) is 11.8 Å². The Balaban J connectivity index is 2.04. The highest BCUT2D eigenvalue weighted by atomic mass is 16.5. The number of hydrogen-bond donors (Lipinski definition) is 2. The summed E-state index contributed by atoms with van der Waals surface area (Å²) in [6, 6.07) is -0.956. The molecule has 2 N–H and O–H groups in total. The summed E-state index contributed by atoms with van der Waals surface area (Å²) in [5.41, 5.74) is -2.05. The summed E-state index contributed by atoms with van der Waals surface area (Å²) in [6.45, 7) is 9.91. The molecular weight excluding hydrogens is 376 g/mol. The number of aliphatic carboxylic acids is 1. The molecule has 2 bridgehead atoms. The number of likely N-dealkylation sites (tertiary alicyclic amines) is 1. The van der Waals surface area contributed by atoms with E-state index in [9.17, 15) is 19.5 Å². The standard InChI is InChI=1S/C21H32N2O6/c1-5-10-22(13(2)3)18(26)16-21-9-8-20(4,29-21)15(19(27)28)14(21)17(25)23(16)11-6-7-12-24/h5,13-16,24H,1,6-12H2,2-4H3,(H,27,28)/t14-,15+,16?,20-,21?/m0/s1. The molecule has 0 radical (unpaired) electrons. The van der Waals surface area contributed by atoms with Crippen molar-refractivity contribution >= 4 is 17.8 Å². The lowest BCUT2D eigenvalue weighted by Gasteiger charge is -2.38. The van der Waals surface area contributed by atoms with Crippen LogP contribution in [-0.2, 0) is 19.1 Å². The molecule has 3 saturated heterocycles. The van der Waals surface area contributed by atoms with Crippen molar-refractivity contribution in [1.82, 2.24) is 9.80 Å². The molecule has 0 aliphatic carbocycles. The number of aliphatic hydroxyl groups excluding tert-OH is 1. The minimum absolute atomic E-state index is 0.00385. The molecular formula is C21H32N2O6. The topological polar surface area (TPSA) is 107 Å². The van der Waals surface area contributed by atoms with Crippen molar-refractivity contribution in [3.63, 3.8) is 0 Å². The number of ether oxygens (including phenoxy) is 1. The Morgan fingerprint density at radius 3 is 2.62 bits per heavy atom. The number of hydrogen-bond acceptors (Lipinski definition) is 5. The third-order valence-corrected chi connectivity index (χ3v) is 6.82. The summed E-state index contributed by atoms with van der Waals surface area (Å²) >= 11 is 0. The second-order valence-corrected chi connectivity index (χ2v) is 8.90. The second kappa shape index (κ2) is 7.72. The highest BCUT2D eigenvalue weighted by molar-refractivity contribution is 5.98. The molecule has 8 nitrogen and oxygen atoms in total. The van der Waals surface area contributed by atoms with Crippen LogP contribution >= 0.6 is 0 Å². The van der Waals surface area contributed by atoms with E-state index in [1.165, 1.54) is 4.90 Å². The molecule has 0 saturated carbocycles. The number of fused-ring (bicyclic) bond motifs is 1. The van der Waals surface area contributed by atoms with Gasteiger partial charge in [0.15, 0.2) is 0 Å². The van der Waals surface area contributed by atoms with Gasteiger partial charge in [0.25, 0.3) is 0 Å². The van der Waals surface area contributed by atoms with Gasteiger partial charge < -0.3 is 24.7 Å². The zero-order chi connectivity index (χ0) is 21.6. The summed E-state index contributed by atoms with van der Waals surface area (Å²) < 4.78 is 6.33. The summed E-state index contributed by atoms with van der Waals surface area (Å²) in [7, 11) is 0. The number of amides is 2. The van der Waals surface area contributed by atoms with Gasteiger partial charge in [-0.2, -0.15) is 0 Å². The first-order valence-electron chi connectivity index (χ1n) is 10.4. The quantitative estimate of drug-likeness (QED) is 0.436. The number of carbonyl (C=O) groups excluding carboxylic acids is 2. The van der Waals surface area contributed by atoms with Crippen molar-refractivity contribution in [2.24, 2.45) is 11.8 Å². The van der Waals surface area contributed by atoms with Gasteiger partial charge in [-0.3, -0.25) is 14.4 Å². The molecule has 3 rings (SSSR count). The van der Waals surface area contributed by atoms with Crippen molar-refractivity contribution in [3.05, 3.63) is 12.7 Å². The Hall–Kier alpha value is -1.93. The third kappa shape index (κ3) is 3.17. The fraction of sp³-hybridized carbons (Fsp3) is 0.762. The lowest BCUT2D eigenvalue weighted by molar-refractivity contribution is -0.156. The summed E-state index contributed by atoms with van der Waals surface area (Å²) in [5.74, 6) is -3.43. The zero-order valence-electron chi connectivity index (χ0n) is 17.5. The van der Waals surface area contributed by atoms with Gasteiger partial charge in [-0.1, -0.05) is 6.08 Å². The molecule has 0 aromatic heterocycles. The molecule has 29 heavy (non-hydrogen) atoms. The molecule has 3 fully saturated rings. The van der Waals surface area contributed by atoms with E-state index in [0.717, 1.165) is 0 Å². The first kappa shape index (κ1) is 21.8. The lowest BCUT2D eigenvalue weighted by Crippen LogP contribution is -2.57. The maximum absolute atomic E-state index is 13.7. The van der Waals surface area contributed by atoms with Crippen molar-refractivity contribution < 1.29 is 29.3 Å². The van der Waals surface area contributed by atoms with Crippen LogP contribution in [-0.4, -0.2) is 80.8 Å². The largest absolute Gasteiger partial charge is 0.481 e. The molecule has 8 heteroatoms. The lowest BCUT2D eigenvalue weighted by atomic mass is 9.66. The molecule has 3 heterocycles. The van der Waals surface area contributed by atoms with Gasteiger partial charge in [0.1, 0.15) is 11.6 Å². The summed E-state index contributed by atoms with van der Waals surface area (Å²) in [4.78, 5) is 42.4. The fourth-order valence-electron chi connectivity index (χ4n) is 5.57. The first-order valence-corrected chi connectivity index (χ1v) is 10.4. The Labute approximate surface area is 171 Å². The fourth-order valence-corrected chi connectivity index (χ4v) is 5.57. The predicted octanol–water partition coefficient (Wildman–Crippen LogP) is 1.03. The van der Waals surface area contributed by atoms with E-state index < -0.39 is 35.0 Å². The van der Waals surface area contributed by atoms with Crippen LogP contribution < -0.4 is 0 Å². The van der Waals surface area contributed by atoms with Gasteiger partial charge in [-0.15, -0.1) is 6.58 Å². The van der Waals surface area contributed by atoms with Crippen molar-refractivity contribution in [1.29, 1.82) is 0 Å². The van der Waals surface area contributed by atoms with Gasteiger partial charge in [0.05, 0.1) is 17.4 Å². The van der Waals surface area contributed by atoms with Crippen LogP contribution in [0.1, 0.15) is 46.5 Å². The first-order chi connectivity index (χ1) is 13.6. The molecule has 162 valence electrons. The number of nitrogens with zero attached hydrogens (tertiary/aromatic N) is 2. The summed E-state index contributed by atoms with van der Waals surface area (Å²) in [5, 5.41) is 19.0. The highest BCUT2D eigenvalue weighted by Gasteiger charge is 2.78. The monoisotopic (exact) mass is 408 g/mol. The molecule has 0 aromatic carbocycles. The predicted molar refractivity (Wildman–Crippen MR) is 105 cm³/mol. The van der Waals surface area contributed by atoms with Crippen molar-refractivity contribution in [3.8, 4) is 0 Å². The molecule has 1 spiro atoms. The number of rotatable bonds is 9. The van der Waals surface area contributed by atoms with E-state index in [2.05, 4.69) is 6.58 Å². The Morgan fingerprint density at radius 2 is 2.07 bits per heavy atom. The van der Waals surface area contributed by atoms with Crippen LogP contribution in [0.2, 0.25) is 0 Å². The van der Waals surface area contributed by atoms with Gasteiger partial charge >= 0.3 is 5.97 Å². The van der Waals surface area contributed by atoms with E-state index in [-0.39, 0.29) is 24.5 Å². The second-order valence-electron chi connectivity index (χ2n) is 8.90. The van der Waals surface area contributed by atoms with Crippen molar-refractivity contribution in [2.75, 3.05) is 19.7 Å². The van der Waals surface area contributed by atoms with Crippen LogP contribution in [0.5, 0.6) is 0 Å². The van der Waals surface area contributed by atoms with E-state index in [0.29, 0.717) is 38.8 Å². The maximum atomic E-state index is 13.7. The third-order valence-electron chi connectivity index (χ3n) is 6.82. The molecule has 3 aliphatic heterocycles. The highest BCUT2D eigenvalue weighted by Crippen LogP contribution is 2.63. The average Bonchev–Trinajstić information content (AvgIpc) is 3.20. The number of carbonyl (C=O) groups is 3. The maximum Gasteiger partial charge on any atom is 0.310 e. The van der Waals surface area contributed by atoms with Crippen LogP contribution in [0.25, 0.3) is 0 Å². The molecule has 0 aromatic rings. The smallest absolute Gasteiger partial charge is 0.310 e. The van der Waals surface area contributed by atoms with E-state index in [4.69, 9.17) is 9.84 Å². The van der Waals surface area contributed by atoms with Gasteiger partial charge in [0.2, 0.25) is 11.8 Å². The Kier molecular flexibility index (Phi) is 5.80. The minimum Gasteiger partial charge on any atom is -0.481 e. The number of aliphatic hydroxyl groups is 1. The van der Waals surface area contributed by atoms with Crippen LogP contribution in [0.15, 0.2) is 12.7 Å². The Morgan fingerprint density at radius 1 is 1.38 bits per heavy atom. The van der Waals surface area contributed by atoms with Gasteiger partial charge in [-0.25, -0.2) is 0 Å². The Bertz CT molecular complexity index is 709. The SMILES string of the molecule is C=CCN(C(=O)C1N(CCCCO)C(=O)[C@@H]2[C@H](C(=O)O)[C@]3(C)CCC12O3)C(C)C. The minimum atomic E-state index is -1.11.